The molecular weight excluding hydrogens is 324 g/mol. The second kappa shape index (κ2) is 7.25. The average molecular weight is 346 g/mol. The number of hydrogen-bond donors (Lipinski definition) is 1. The molecule has 0 spiro atoms. The standard InChI is InChI=1S/C17H22N4O2S/c1-3-20(4-2)13-7-5-12(6-8-13)19-15(22)11-14-16(23)21-10-9-18-17(21)24-14/h5-8,14H,3-4,9-11H2,1-2H3,(H,19,22). The molecule has 2 aliphatic rings. The van der Waals surface area contributed by atoms with Crippen LogP contribution in [0, 0.1) is 0 Å². The van der Waals surface area contributed by atoms with Crippen LogP contribution in [0.3, 0.4) is 0 Å². The predicted octanol–water partition coefficient (Wildman–Crippen LogP) is 2.17. The molecule has 24 heavy (non-hydrogen) atoms. The molecule has 1 saturated heterocycles. The van der Waals surface area contributed by atoms with Crippen LogP contribution in [0.4, 0.5) is 11.4 Å². The van der Waals surface area contributed by atoms with Gasteiger partial charge >= 0.3 is 0 Å². The van der Waals surface area contributed by atoms with Gasteiger partial charge in [0.15, 0.2) is 5.17 Å². The molecule has 128 valence electrons. The third-order valence-electron chi connectivity index (χ3n) is 4.24. The lowest BCUT2D eigenvalue weighted by Gasteiger charge is -2.21. The second-order valence-electron chi connectivity index (χ2n) is 5.73. The molecule has 0 radical (unpaired) electrons. The lowest BCUT2D eigenvalue weighted by Crippen LogP contribution is -2.32. The van der Waals surface area contributed by atoms with E-state index in [0.29, 0.717) is 13.1 Å². The van der Waals surface area contributed by atoms with Crippen molar-refractivity contribution < 1.29 is 9.59 Å². The van der Waals surface area contributed by atoms with Crippen molar-refractivity contribution in [2.75, 3.05) is 36.4 Å². The maximum absolute atomic E-state index is 12.2. The van der Waals surface area contributed by atoms with Crippen molar-refractivity contribution in [2.24, 2.45) is 4.99 Å². The van der Waals surface area contributed by atoms with Crippen molar-refractivity contribution in [3.05, 3.63) is 24.3 Å². The van der Waals surface area contributed by atoms with Gasteiger partial charge in [0.1, 0.15) is 5.25 Å². The van der Waals surface area contributed by atoms with E-state index in [1.807, 2.05) is 24.3 Å². The molecular formula is C17H22N4O2S. The molecule has 7 heteroatoms. The van der Waals surface area contributed by atoms with Crippen LogP contribution in [0.2, 0.25) is 0 Å². The molecule has 0 bridgehead atoms. The highest BCUT2D eigenvalue weighted by molar-refractivity contribution is 8.15. The number of aliphatic imine (C=N–C) groups is 1. The molecule has 1 aromatic carbocycles. The van der Waals surface area contributed by atoms with E-state index >= 15 is 0 Å². The summed E-state index contributed by atoms with van der Waals surface area (Å²) in [4.78, 5) is 32.6. The number of carbonyl (C=O) groups is 2. The van der Waals surface area contributed by atoms with Crippen molar-refractivity contribution in [2.45, 2.75) is 25.5 Å². The molecule has 0 saturated carbocycles. The Hall–Kier alpha value is -2.02. The zero-order chi connectivity index (χ0) is 17.1. The van der Waals surface area contributed by atoms with Crippen LogP contribution in [0.15, 0.2) is 29.3 Å². The third kappa shape index (κ3) is 3.40. The van der Waals surface area contributed by atoms with Gasteiger partial charge in [0.2, 0.25) is 11.8 Å². The Morgan fingerprint density at radius 2 is 2.04 bits per heavy atom. The van der Waals surface area contributed by atoms with E-state index in [1.54, 1.807) is 4.90 Å². The number of fused-ring (bicyclic) bond motifs is 1. The van der Waals surface area contributed by atoms with Gasteiger partial charge in [0, 0.05) is 37.4 Å². The van der Waals surface area contributed by atoms with Crippen molar-refractivity contribution in [1.82, 2.24) is 4.90 Å². The van der Waals surface area contributed by atoms with Crippen LogP contribution in [0.25, 0.3) is 0 Å². The number of benzene rings is 1. The van der Waals surface area contributed by atoms with E-state index in [2.05, 4.69) is 29.1 Å². The maximum Gasteiger partial charge on any atom is 0.242 e. The summed E-state index contributed by atoms with van der Waals surface area (Å²) in [6.45, 7) is 7.45. The number of hydrogen-bond acceptors (Lipinski definition) is 5. The summed E-state index contributed by atoms with van der Waals surface area (Å²) in [5, 5.41) is 3.29. The Bertz CT molecular complexity index is 655. The Kier molecular flexibility index (Phi) is 5.08. The molecule has 2 amide bonds. The molecule has 1 unspecified atom stereocenters. The normalized spacial score (nSPS) is 19.2. The number of anilines is 2. The summed E-state index contributed by atoms with van der Waals surface area (Å²) in [7, 11) is 0. The second-order valence-corrected chi connectivity index (χ2v) is 6.90. The lowest BCUT2D eigenvalue weighted by atomic mass is 10.2. The number of amides is 2. The van der Waals surface area contributed by atoms with Crippen LogP contribution in [0.5, 0.6) is 0 Å². The first-order valence-electron chi connectivity index (χ1n) is 8.29. The Balaban J connectivity index is 1.56. The van der Waals surface area contributed by atoms with E-state index in [0.717, 1.165) is 29.6 Å². The summed E-state index contributed by atoms with van der Waals surface area (Å²) >= 11 is 1.40. The molecule has 1 fully saturated rings. The van der Waals surface area contributed by atoms with E-state index in [1.165, 1.54) is 11.8 Å². The quantitative estimate of drug-likeness (QED) is 0.857. The topological polar surface area (TPSA) is 65.0 Å². The molecule has 2 aliphatic heterocycles. The van der Waals surface area contributed by atoms with Gasteiger partial charge in [-0.15, -0.1) is 0 Å². The van der Waals surface area contributed by atoms with E-state index in [-0.39, 0.29) is 23.5 Å². The SMILES string of the molecule is CCN(CC)c1ccc(NC(=O)CC2SC3=NCCN3C2=O)cc1. The number of rotatable bonds is 6. The number of nitrogens with one attached hydrogen (secondary N) is 1. The molecule has 3 rings (SSSR count). The van der Waals surface area contributed by atoms with Gasteiger partial charge in [0.25, 0.3) is 0 Å². The maximum atomic E-state index is 12.2. The summed E-state index contributed by atoms with van der Waals surface area (Å²) < 4.78 is 0. The fourth-order valence-electron chi connectivity index (χ4n) is 2.94. The molecule has 1 atom stereocenters. The van der Waals surface area contributed by atoms with E-state index < -0.39 is 0 Å². The van der Waals surface area contributed by atoms with E-state index in [4.69, 9.17) is 0 Å². The van der Waals surface area contributed by atoms with Gasteiger partial charge in [-0.1, -0.05) is 11.8 Å². The summed E-state index contributed by atoms with van der Waals surface area (Å²) in [5.74, 6) is -0.138. The van der Waals surface area contributed by atoms with Crippen LogP contribution < -0.4 is 10.2 Å². The summed E-state index contributed by atoms with van der Waals surface area (Å²) in [5.41, 5.74) is 1.89. The van der Waals surface area contributed by atoms with Gasteiger partial charge in [0.05, 0.1) is 6.54 Å². The molecule has 0 aromatic heterocycles. The van der Waals surface area contributed by atoms with Crippen molar-refractivity contribution >= 4 is 40.1 Å². The van der Waals surface area contributed by atoms with Crippen LogP contribution >= 0.6 is 11.8 Å². The minimum Gasteiger partial charge on any atom is -0.372 e. The first kappa shape index (κ1) is 16.8. The van der Waals surface area contributed by atoms with Crippen LogP contribution in [-0.2, 0) is 9.59 Å². The summed E-state index contributed by atoms with van der Waals surface area (Å²) in [6, 6.07) is 7.81. The van der Waals surface area contributed by atoms with Crippen molar-refractivity contribution in [3.63, 3.8) is 0 Å². The van der Waals surface area contributed by atoms with Crippen LogP contribution in [0.1, 0.15) is 20.3 Å². The van der Waals surface area contributed by atoms with Gasteiger partial charge in [-0.05, 0) is 38.1 Å². The van der Waals surface area contributed by atoms with Gasteiger partial charge < -0.3 is 10.2 Å². The molecule has 6 nitrogen and oxygen atoms in total. The smallest absolute Gasteiger partial charge is 0.242 e. The first-order chi connectivity index (χ1) is 11.6. The minimum atomic E-state index is -0.348. The highest BCUT2D eigenvalue weighted by Crippen LogP contribution is 2.31. The Morgan fingerprint density at radius 3 is 2.67 bits per heavy atom. The number of thioether (sulfide) groups is 1. The number of carbonyl (C=O) groups excluding carboxylic acids is 2. The van der Waals surface area contributed by atoms with Gasteiger partial charge in [-0.25, -0.2) is 0 Å². The monoisotopic (exact) mass is 346 g/mol. The van der Waals surface area contributed by atoms with E-state index in [9.17, 15) is 9.59 Å². The number of amidine groups is 1. The molecule has 0 aliphatic carbocycles. The first-order valence-corrected chi connectivity index (χ1v) is 9.17. The largest absolute Gasteiger partial charge is 0.372 e. The van der Waals surface area contributed by atoms with Gasteiger partial charge in [-0.2, -0.15) is 0 Å². The molecule has 2 heterocycles. The third-order valence-corrected chi connectivity index (χ3v) is 5.45. The van der Waals surface area contributed by atoms with Crippen molar-refractivity contribution in [1.29, 1.82) is 0 Å². The molecule has 1 N–H and O–H groups in total. The minimum absolute atomic E-state index is 0.00304. The summed E-state index contributed by atoms with van der Waals surface area (Å²) in [6.07, 6.45) is 0.177. The predicted molar refractivity (Wildman–Crippen MR) is 98.6 cm³/mol. The zero-order valence-corrected chi connectivity index (χ0v) is 14.8. The molecule has 1 aromatic rings. The average Bonchev–Trinajstić information content (AvgIpc) is 3.14. The highest BCUT2D eigenvalue weighted by atomic mass is 32.2. The van der Waals surface area contributed by atoms with Crippen LogP contribution in [-0.4, -0.2) is 53.3 Å². The van der Waals surface area contributed by atoms with Gasteiger partial charge in [-0.3, -0.25) is 19.5 Å². The zero-order valence-electron chi connectivity index (χ0n) is 14.0. The lowest BCUT2D eigenvalue weighted by molar-refractivity contribution is -0.127. The fraction of sp³-hybridized carbons (Fsp3) is 0.471. The van der Waals surface area contributed by atoms with Crippen molar-refractivity contribution in [3.8, 4) is 0 Å². The highest BCUT2D eigenvalue weighted by Gasteiger charge is 2.40. The Morgan fingerprint density at radius 1 is 1.33 bits per heavy atom. The fourth-order valence-corrected chi connectivity index (χ4v) is 4.13. The number of nitrogens with zero attached hydrogens (tertiary/aromatic N) is 3. The Labute approximate surface area is 146 Å².